The topological polar surface area (TPSA) is 86.5 Å². The van der Waals surface area contributed by atoms with Crippen LogP contribution in [0.25, 0.3) is 0 Å². The van der Waals surface area contributed by atoms with Gasteiger partial charge < -0.3 is 4.74 Å². The Balaban J connectivity index is 3.39. The van der Waals surface area contributed by atoms with Crippen LogP contribution in [0.3, 0.4) is 0 Å². The number of alkyl halides is 5. The highest BCUT2D eigenvalue weighted by atomic mass is 32.2. The van der Waals surface area contributed by atoms with Crippen molar-refractivity contribution < 1.29 is 40.0 Å². The van der Waals surface area contributed by atoms with Crippen molar-refractivity contribution >= 4 is 15.5 Å². The first-order valence-electron chi connectivity index (χ1n) is 4.51. The maximum Gasteiger partial charge on any atom is 0.573 e. The maximum atomic E-state index is 12.2. The van der Waals surface area contributed by atoms with Crippen molar-refractivity contribution in [2.24, 2.45) is 0 Å². The zero-order chi connectivity index (χ0) is 15.7. The first-order valence-corrected chi connectivity index (χ1v) is 6.06. The Labute approximate surface area is 107 Å². The molecule has 0 unspecified atom stereocenters. The fourth-order valence-electron chi connectivity index (χ4n) is 1.13. The zero-order valence-corrected chi connectivity index (χ0v) is 9.91. The third-order valence-electron chi connectivity index (χ3n) is 1.92. The molecule has 0 saturated carbocycles. The standard InChI is InChI=1S/C8H4F5NO5S/c9-7(10)20(17,18)4-1-2-6(19-8(11,12)13)5(3-4)14(15)16/h1-3,7H. The van der Waals surface area contributed by atoms with Crippen molar-refractivity contribution in [2.45, 2.75) is 17.0 Å². The number of halogens is 5. The van der Waals surface area contributed by atoms with Gasteiger partial charge in [0.2, 0.25) is 15.6 Å². The molecule has 0 spiro atoms. The van der Waals surface area contributed by atoms with E-state index in [9.17, 15) is 40.5 Å². The summed E-state index contributed by atoms with van der Waals surface area (Å²) in [6, 6.07) is 0.707. The smallest absolute Gasteiger partial charge is 0.398 e. The zero-order valence-electron chi connectivity index (χ0n) is 9.10. The second-order valence-electron chi connectivity index (χ2n) is 3.24. The molecule has 0 bridgehead atoms. The molecule has 12 heteroatoms. The minimum atomic E-state index is -5.26. The van der Waals surface area contributed by atoms with Gasteiger partial charge in [-0.1, -0.05) is 0 Å². The van der Waals surface area contributed by atoms with Gasteiger partial charge in [0.05, 0.1) is 9.82 Å². The van der Waals surface area contributed by atoms with Gasteiger partial charge in [0.15, 0.2) is 0 Å². The van der Waals surface area contributed by atoms with E-state index >= 15 is 0 Å². The van der Waals surface area contributed by atoms with E-state index in [-0.39, 0.29) is 12.1 Å². The van der Waals surface area contributed by atoms with Crippen LogP contribution in [0.15, 0.2) is 23.1 Å². The highest BCUT2D eigenvalue weighted by molar-refractivity contribution is 7.91. The third-order valence-corrected chi connectivity index (χ3v) is 3.30. The van der Waals surface area contributed by atoms with E-state index in [4.69, 9.17) is 0 Å². The molecule has 0 aliphatic heterocycles. The number of sulfone groups is 1. The minimum absolute atomic E-state index is 0.0720. The predicted molar refractivity (Wildman–Crippen MR) is 53.0 cm³/mol. The molecule has 0 heterocycles. The lowest BCUT2D eigenvalue weighted by molar-refractivity contribution is -0.388. The van der Waals surface area contributed by atoms with Crippen LogP contribution in [0.2, 0.25) is 0 Å². The number of benzene rings is 1. The summed E-state index contributed by atoms with van der Waals surface area (Å²) in [6.07, 6.45) is -5.26. The van der Waals surface area contributed by atoms with Gasteiger partial charge in [0.25, 0.3) is 0 Å². The summed E-state index contributed by atoms with van der Waals surface area (Å²) in [5, 5.41) is 10.5. The quantitative estimate of drug-likeness (QED) is 0.483. The number of nitro groups is 1. The molecule has 1 rings (SSSR count). The van der Waals surface area contributed by atoms with Crippen molar-refractivity contribution in [3.05, 3.63) is 28.3 Å². The highest BCUT2D eigenvalue weighted by Gasteiger charge is 2.36. The molecular formula is C8H4F5NO5S. The fraction of sp³-hybridized carbons (Fsp3) is 0.250. The molecule has 0 N–H and O–H groups in total. The van der Waals surface area contributed by atoms with Crippen molar-refractivity contribution in [1.29, 1.82) is 0 Å². The van der Waals surface area contributed by atoms with Crippen molar-refractivity contribution in [3.8, 4) is 5.75 Å². The molecule has 0 aliphatic carbocycles. The van der Waals surface area contributed by atoms with Gasteiger partial charge in [-0.25, -0.2) is 8.42 Å². The average Bonchev–Trinajstić information content (AvgIpc) is 2.26. The fourth-order valence-corrected chi connectivity index (χ4v) is 1.87. The molecule has 0 radical (unpaired) electrons. The van der Waals surface area contributed by atoms with Gasteiger partial charge in [-0.3, -0.25) is 10.1 Å². The van der Waals surface area contributed by atoms with Gasteiger partial charge in [0, 0.05) is 6.07 Å². The van der Waals surface area contributed by atoms with Gasteiger partial charge in [-0.2, -0.15) is 8.78 Å². The highest BCUT2D eigenvalue weighted by Crippen LogP contribution is 2.34. The lowest BCUT2D eigenvalue weighted by atomic mass is 10.3. The summed E-state index contributed by atoms with van der Waals surface area (Å²) < 4.78 is 85.8. The van der Waals surface area contributed by atoms with E-state index in [1.165, 1.54) is 0 Å². The first kappa shape index (κ1) is 16.1. The van der Waals surface area contributed by atoms with Crippen LogP contribution >= 0.6 is 0 Å². The Bertz CT molecular complexity index is 627. The van der Waals surface area contributed by atoms with Crippen LogP contribution in [0, 0.1) is 10.1 Å². The Morgan fingerprint density at radius 3 is 2.20 bits per heavy atom. The molecular weight excluding hydrogens is 317 g/mol. The number of hydrogen-bond acceptors (Lipinski definition) is 5. The number of rotatable bonds is 4. The number of nitrogens with zero attached hydrogens (tertiary/aromatic N) is 1. The van der Waals surface area contributed by atoms with Crippen molar-refractivity contribution in [2.75, 3.05) is 0 Å². The predicted octanol–water partition coefficient (Wildman–Crippen LogP) is 2.49. The molecule has 1 aromatic carbocycles. The van der Waals surface area contributed by atoms with E-state index in [0.29, 0.717) is 6.07 Å². The van der Waals surface area contributed by atoms with Gasteiger partial charge in [-0.15, -0.1) is 13.2 Å². The molecule has 0 atom stereocenters. The summed E-state index contributed by atoms with van der Waals surface area (Å²) >= 11 is 0. The van der Waals surface area contributed by atoms with E-state index in [1.54, 1.807) is 0 Å². The van der Waals surface area contributed by atoms with Crippen molar-refractivity contribution in [3.63, 3.8) is 0 Å². The molecule has 0 fully saturated rings. The van der Waals surface area contributed by atoms with E-state index in [0.717, 1.165) is 0 Å². The lowest BCUT2D eigenvalue weighted by Crippen LogP contribution is -2.18. The molecule has 6 nitrogen and oxygen atoms in total. The summed E-state index contributed by atoms with van der Waals surface area (Å²) in [7, 11) is -5.17. The van der Waals surface area contributed by atoms with E-state index < -0.39 is 43.2 Å². The summed E-state index contributed by atoms with van der Waals surface area (Å²) in [6.45, 7) is 0. The Kier molecular flexibility index (Phi) is 4.17. The van der Waals surface area contributed by atoms with Gasteiger partial charge in [0.1, 0.15) is 0 Å². The SMILES string of the molecule is O=[N+]([O-])c1cc(S(=O)(=O)C(F)F)ccc1OC(F)(F)F. The van der Waals surface area contributed by atoms with Gasteiger partial charge >= 0.3 is 17.8 Å². The number of nitro benzene ring substituents is 1. The average molecular weight is 321 g/mol. The van der Waals surface area contributed by atoms with Crippen LogP contribution < -0.4 is 4.74 Å². The van der Waals surface area contributed by atoms with Crippen LogP contribution in [0.1, 0.15) is 0 Å². The minimum Gasteiger partial charge on any atom is -0.398 e. The molecule has 0 aromatic heterocycles. The first-order chi connectivity index (χ1) is 8.95. The van der Waals surface area contributed by atoms with Crippen LogP contribution in [-0.4, -0.2) is 25.5 Å². The van der Waals surface area contributed by atoms with Crippen LogP contribution in [0.5, 0.6) is 5.75 Å². The second-order valence-corrected chi connectivity index (χ2v) is 5.16. The second kappa shape index (κ2) is 5.19. The summed E-state index contributed by atoms with van der Waals surface area (Å²) in [5.41, 5.74) is -1.40. The molecule has 112 valence electrons. The summed E-state index contributed by atoms with van der Waals surface area (Å²) in [5.74, 6) is -5.17. The summed E-state index contributed by atoms with van der Waals surface area (Å²) in [4.78, 5) is 7.96. The number of hydrogen-bond donors (Lipinski definition) is 0. The molecule has 0 amide bonds. The number of ether oxygens (including phenoxy) is 1. The van der Waals surface area contributed by atoms with Crippen LogP contribution in [-0.2, 0) is 9.84 Å². The normalized spacial score (nSPS) is 12.5. The molecule has 20 heavy (non-hydrogen) atoms. The molecule has 0 aliphatic rings. The third kappa shape index (κ3) is 3.53. The Hall–Kier alpha value is -1.98. The Morgan fingerprint density at radius 2 is 1.80 bits per heavy atom. The lowest BCUT2D eigenvalue weighted by Gasteiger charge is -2.10. The van der Waals surface area contributed by atoms with Gasteiger partial charge in [-0.05, 0) is 12.1 Å². The Morgan fingerprint density at radius 1 is 1.25 bits per heavy atom. The molecule has 1 aromatic rings. The molecule has 0 saturated heterocycles. The van der Waals surface area contributed by atoms with Crippen molar-refractivity contribution in [1.82, 2.24) is 0 Å². The van der Waals surface area contributed by atoms with E-state index in [2.05, 4.69) is 4.74 Å². The largest absolute Gasteiger partial charge is 0.573 e. The monoisotopic (exact) mass is 321 g/mol. The van der Waals surface area contributed by atoms with Crippen LogP contribution in [0.4, 0.5) is 27.6 Å². The maximum absolute atomic E-state index is 12.2. The van der Waals surface area contributed by atoms with E-state index in [1.807, 2.05) is 0 Å².